The molecule has 1 fully saturated rings. The smallest absolute Gasteiger partial charge is 0.233 e. The summed E-state index contributed by atoms with van der Waals surface area (Å²) in [4.78, 5) is 14.5. The summed E-state index contributed by atoms with van der Waals surface area (Å²) < 4.78 is 2.11. The van der Waals surface area contributed by atoms with E-state index in [0.717, 1.165) is 29.5 Å². The summed E-state index contributed by atoms with van der Waals surface area (Å²) in [5, 5.41) is 9.60. The summed E-state index contributed by atoms with van der Waals surface area (Å²) in [6.07, 6.45) is 2.32. The number of carbonyl (C=O) groups excluding carboxylic acids is 1. The number of benzene rings is 2. The SMILES string of the molecule is Cc1ccccc1CN(C)C(=O)CSc1nnc(C2CC2)n1-c1ccccc1. The zero-order valence-electron chi connectivity index (χ0n) is 16.2. The quantitative estimate of drug-likeness (QED) is 0.566. The molecule has 0 saturated heterocycles. The normalized spacial score (nSPS) is 13.5. The lowest BCUT2D eigenvalue weighted by molar-refractivity contribution is -0.127. The van der Waals surface area contributed by atoms with Gasteiger partial charge in [-0.25, -0.2) is 0 Å². The monoisotopic (exact) mass is 392 g/mol. The Morgan fingerprint density at radius 3 is 2.54 bits per heavy atom. The molecule has 6 heteroatoms. The Hall–Kier alpha value is -2.60. The van der Waals surface area contributed by atoms with Crippen LogP contribution in [0, 0.1) is 6.92 Å². The average molecular weight is 393 g/mol. The number of thioether (sulfide) groups is 1. The minimum atomic E-state index is 0.0869. The summed E-state index contributed by atoms with van der Waals surface area (Å²) in [6, 6.07) is 18.3. The largest absolute Gasteiger partial charge is 0.341 e. The maximum Gasteiger partial charge on any atom is 0.233 e. The van der Waals surface area contributed by atoms with Gasteiger partial charge in [-0.05, 0) is 43.0 Å². The zero-order chi connectivity index (χ0) is 19.5. The van der Waals surface area contributed by atoms with Crippen LogP contribution in [0.4, 0.5) is 0 Å². The molecule has 0 unspecified atom stereocenters. The fourth-order valence-corrected chi connectivity index (χ4v) is 4.07. The van der Waals surface area contributed by atoms with Gasteiger partial charge in [-0.3, -0.25) is 9.36 Å². The number of amides is 1. The van der Waals surface area contributed by atoms with Crippen molar-refractivity contribution in [3.63, 3.8) is 0 Å². The van der Waals surface area contributed by atoms with E-state index < -0.39 is 0 Å². The standard InChI is InChI=1S/C22H24N4OS/c1-16-8-6-7-9-18(16)14-25(2)20(27)15-28-22-24-23-21(17-12-13-17)26(22)19-10-4-3-5-11-19/h3-11,17H,12-15H2,1-2H3. The highest BCUT2D eigenvalue weighted by Gasteiger charge is 2.31. The van der Waals surface area contributed by atoms with E-state index in [1.807, 2.05) is 37.4 Å². The van der Waals surface area contributed by atoms with Crippen molar-refractivity contribution >= 4 is 17.7 Å². The van der Waals surface area contributed by atoms with Crippen molar-refractivity contribution in [2.45, 2.75) is 37.4 Å². The third-order valence-corrected chi connectivity index (χ3v) is 5.95. The van der Waals surface area contributed by atoms with E-state index in [2.05, 4.69) is 46.0 Å². The lowest BCUT2D eigenvalue weighted by Gasteiger charge is -2.18. The Kier molecular flexibility index (Phi) is 5.48. The zero-order valence-corrected chi connectivity index (χ0v) is 17.0. The van der Waals surface area contributed by atoms with Crippen molar-refractivity contribution in [3.8, 4) is 5.69 Å². The Bertz CT molecular complexity index is 966. The molecular formula is C22H24N4OS. The Morgan fingerprint density at radius 1 is 1.11 bits per heavy atom. The molecule has 0 N–H and O–H groups in total. The van der Waals surface area contributed by atoms with Crippen molar-refractivity contribution in [1.29, 1.82) is 0 Å². The van der Waals surface area contributed by atoms with E-state index in [0.29, 0.717) is 18.2 Å². The number of aromatic nitrogens is 3. The maximum absolute atomic E-state index is 12.7. The first kappa shape index (κ1) is 18.7. The molecule has 1 aliphatic rings. The van der Waals surface area contributed by atoms with Gasteiger partial charge in [-0.1, -0.05) is 54.2 Å². The van der Waals surface area contributed by atoms with Gasteiger partial charge in [0.25, 0.3) is 0 Å². The second-order valence-electron chi connectivity index (χ2n) is 7.25. The van der Waals surface area contributed by atoms with E-state index in [4.69, 9.17) is 0 Å². The number of carbonyl (C=O) groups is 1. The predicted octanol–water partition coefficient (Wildman–Crippen LogP) is 4.20. The van der Waals surface area contributed by atoms with Crippen LogP contribution in [-0.2, 0) is 11.3 Å². The van der Waals surface area contributed by atoms with E-state index in [9.17, 15) is 4.79 Å². The number of aryl methyl sites for hydroxylation is 1. The Morgan fingerprint density at radius 2 is 1.82 bits per heavy atom. The molecule has 1 amide bonds. The fraction of sp³-hybridized carbons (Fsp3) is 0.318. The van der Waals surface area contributed by atoms with Crippen LogP contribution in [0.3, 0.4) is 0 Å². The molecule has 4 rings (SSSR count). The molecule has 2 aromatic carbocycles. The van der Waals surface area contributed by atoms with E-state index in [1.165, 1.54) is 22.9 Å². The summed E-state index contributed by atoms with van der Waals surface area (Å²) in [7, 11) is 1.85. The van der Waals surface area contributed by atoms with Gasteiger partial charge >= 0.3 is 0 Å². The van der Waals surface area contributed by atoms with Crippen LogP contribution < -0.4 is 0 Å². The van der Waals surface area contributed by atoms with Crippen LogP contribution in [0.25, 0.3) is 5.69 Å². The minimum Gasteiger partial charge on any atom is -0.341 e. The van der Waals surface area contributed by atoms with Crippen LogP contribution in [-0.4, -0.2) is 38.4 Å². The van der Waals surface area contributed by atoms with Crippen molar-refractivity contribution in [2.75, 3.05) is 12.8 Å². The first-order valence-electron chi connectivity index (χ1n) is 9.55. The molecule has 0 bridgehead atoms. The van der Waals surface area contributed by atoms with Crippen LogP contribution in [0.1, 0.15) is 35.7 Å². The molecular weight excluding hydrogens is 368 g/mol. The lowest BCUT2D eigenvalue weighted by atomic mass is 10.1. The van der Waals surface area contributed by atoms with Gasteiger partial charge in [0, 0.05) is 25.2 Å². The summed E-state index contributed by atoms with van der Waals surface area (Å²) in [6.45, 7) is 2.69. The van der Waals surface area contributed by atoms with Crippen molar-refractivity contribution in [2.24, 2.45) is 0 Å². The average Bonchev–Trinajstić information content (AvgIpc) is 3.47. The number of rotatable bonds is 7. The molecule has 28 heavy (non-hydrogen) atoms. The molecule has 3 aromatic rings. The van der Waals surface area contributed by atoms with Crippen molar-refractivity contribution < 1.29 is 4.79 Å². The number of nitrogens with zero attached hydrogens (tertiary/aromatic N) is 4. The van der Waals surface area contributed by atoms with Gasteiger partial charge in [0.1, 0.15) is 5.82 Å². The molecule has 0 atom stereocenters. The maximum atomic E-state index is 12.7. The first-order valence-corrected chi connectivity index (χ1v) is 10.5. The number of hydrogen-bond acceptors (Lipinski definition) is 4. The van der Waals surface area contributed by atoms with Gasteiger partial charge in [0.05, 0.1) is 5.75 Å². The van der Waals surface area contributed by atoms with Crippen molar-refractivity contribution in [1.82, 2.24) is 19.7 Å². The predicted molar refractivity (Wildman–Crippen MR) is 112 cm³/mol. The first-order chi connectivity index (χ1) is 13.6. The van der Waals surface area contributed by atoms with Gasteiger partial charge in [0.2, 0.25) is 5.91 Å². The van der Waals surface area contributed by atoms with E-state index >= 15 is 0 Å². The van der Waals surface area contributed by atoms with Crippen LogP contribution >= 0.6 is 11.8 Å². The summed E-state index contributed by atoms with van der Waals surface area (Å²) in [5.41, 5.74) is 3.43. The fourth-order valence-electron chi connectivity index (χ4n) is 3.17. The molecule has 1 heterocycles. The molecule has 1 aromatic heterocycles. The molecule has 0 aliphatic heterocycles. The second-order valence-corrected chi connectivity index (χ2v) is 8.19. The van der Waals surface area contributed by atoms with Gasteiger partial charge in [-0.15, -0.1) is 10.2 Å². The third kappa shape index (κ3) is 4.12. The van der Waals surface area contributed by atoms with Gasteiger partial charge in [0.15, 0.2) is 5.16 Å². The minimum absolute atomic E-state index is 0.0869. The van der Waals surface area contributed by atoms with Gasteiger partial charge < -0.3 is 4.90 Å². The third-order valence-electron chi connectivity index (χ3n) is 5.03. The number of para-hydroxylation sites is 1. The molecule has 5 nitrogen and oxygen atoms in total. The highest BCUT2D eigenvalue weighted by atomic mass is 32.2. The second kappa shape index (κ2) is 8.19. The summed E-state index contributed by atoms with van der Waals surface area (Å²) >= 11 is 1.46. The Balaban J connectivity index is 1.46. The summed E-state index contributed by atoms with van der Waals surface area (Å²) in [5.74, 6) is 1.93. The van der Waals surface area contributed by atoms with Crippen molar-refractivity contribution in [3.05, 3.63) is 71.5 Å². The van der Waals surface area contributed by atoms with Crippen LogP contribution in [0.2, 0.25) is 0 Å². The number of hydrogen-bond donors (Lipinski definition) is 0. The highest BCUT2D eigenvalue weighted by molar-refractivity contribution is 7.99. The Labute approximate surface area is 169 Å². The molecule has 0 spiro atoms. The van der Waals surface area contributed by atoms with Crippen LogP contribution in [0.5, 0.6) is 0 Å². The van der Waals surface area contributed by atoms with E-state index in [-0.39, 0.29) is 5.91 Å². The lowest BCUT2D eigenvalue weighted by Crippen LogP contribution is -2.28. The molecule has 1 saturated carbocycles. The highest BCUT2D eigenvalue weighted by Crippen LogP contribution is 2.41. The molecule has 0 radical (unpaired) electrons. The molecule has 144 valence electrons. The van der Waals surface area contributed by atoms with Crippen LogP contribution in [0.15, 0.2) is 59.8 Å². The molecule has 1 aliphatic carbocycles. The topological polar surface area (TPSA) is 51.0 Å². The van der Waals surface area contributed by atoms with E-state index in [1.54, 1.807) is 4.90 Å². The van der Waals surface area contributed by atoms with Gasteiger partial charge in [-0.2, -0.15) is 0 Å².